The van der Waals surface area contributed by atoms with Crippen molar-refractivity contribution in [3.8, 4) is 0 Å². The van der Waals surface area contributed by atoms with Crippen molar-refractivity contribution in [1.82, 2.24) is 15.5 Å². The van der Waals surface area contributed by atoms with Gasteiger partial charge in [0.25, 0.3) is 0 Å². The molecule has 1 saturated heterocycles. The molecule has 2 N–H and O–H groups in total. The molecule has 24 heavy (non-hydrogen) atoms. The third kappa shape index (κ3) is 8.52. The summed E-state index contributed by atoms with van der Waals surface area (Å²) in [5.41, 5.74) is 0. The lowest BCUT2D eigenvalue weighted by molar-refractivity contribution is -0.140. The molecule has 1 rings (SSSR count). The van der Waals surface area contributed by atoms with Gasteiger partial charge in [0.1, 0.15) is 0 Å². The van der Waals surface area contributed by atoms with E-state index in [4.69, 9.17) is 4.99 Å². The molecule has 0 aromatic rings. The van der Waals surface area contributed by atoms with E-state index in [2.05, 4.69) is 34.1 Å². The van der Waals surface area contributed by atoms with Gasteiger partial charge in [-0.1, -0.05) is 19.8 Å². The van der Waals surface area contributed by atoms with Crippen molar-refractivity contribution >= 4 is 11.9 Å². The van der Waals surface area contributed by atoms with E-state index in [-0.39, 0.29) is 5.97 Å². The lowest BCUT2D eigenvalue weighted by Crippen LogP contribution is -2.39. The average molecular weight is 341 g/mol. The van der Waals surface area contributed by atoms with Gasteiger partial charge in [-0.05, 0) is 45.7 Å². The number of hydrogen-bond donors (Lipinski definition) is 2. The predicted octanol–water partition coefficient (Wildman–Crippen LogP) is 2.15. The smallest absolute Gasteiger partial charge is 0.305 e. The van der Waals surface area contributed by atoms with E-state index in [1.165, 1.54) is 26.5 Å². The first-order valence-corrected chi connectivity index (χ1v) is 9.54. The predicted molar refractivity (Wildman–Crippen MR) is 99.4 cm³/mol. The number of unbranched alkanes of at least 4 members (excludes halogenated alkanes) is 3. The van der Waals surface area contributed by atoms with Crippen LogP contribution in [0.15, 0.2) is 4.99 Å². The molecule has 0 aromatic carbocycles. The maximum Gasteiger partial charge on any atom is 0.305 e. The zero-order valence-electron chi connectivity index (χ0n) is 15.8. The normalized spacial score (nSPS) is 18.6. The van der Waals surface area contributed by atoms with E-state index in [9.17, 15) is 4.79 Å². The first-order chi connectivity index (χ1) is 11.7. The fraction of sp³-hybridized carbons (Fsp3) is 0.889. The molecule has 1 aliphatic heterocycles. The summed E-state index contributed by atoms with van der Waals surface area (Å²) in [4.78, 5) is 18.3. The number of ether oxygens (including phenoxy) is 1. The SMILES string of the molecule is CCNC(=NCC1CCCN1CC)NCCCCCCC(=O)OC. The van der Waals surface area contributed by atoms with Gasteiger partial charge in [-0.2, -0.15) is 0 Å². The number of nitrogens with one attached hydrogen (secondary N) is 2. The fourth-order valence-corrected chi connectivity index (χ4v) is 3.11. The number of esters is 1. The number of hydrogen-bond acceptors (Lipinski definition) is 4. The van der Waals surface area contributed by atoms with E-state index in [0.29, 0.717) is 12.5 Å². The number of rotatable bonds is 11. The van der Waals surface area contributed by atoms with Crippen LogP contribution in [-0.2, 0) is 9.53 Å². The van der Waals surface area contributed by atoms with Crippen molar-refractivity contribution in [3.63, 3.8) is 0 Å². The zero-order valence-corrected chi connectivity index (χ0v) is 15.8. The summed E-state index contributed by atoms with van der Waals surface area (Å²) in [7, 11) is 1.44. The third-order valence-corrected chi connectivity index (χ3v) is 4.54. The molecule has 0 aromatic heterocycles. The summed E-state index contributed by atoms with van der Waals surface area (Å²) < 4.78 is 4.64. The minimum absolute atomic E-state index is 0.109. The highest BCUT2D eigenvalue weighted by Gasteiger charge is 2.22. The van der Waals surface area contributed by atoms with Gasteiger partial charge in [-0.25, -0.2) is 0 Å². The molecule has 0 saturated carbocycles. The van der Waals surface area contributed by atoms with Crippen LogP contribution in [0.4, 0.5) is 0 Å². The Morgan fingerprint density at radius 2 is 2.00 bits per heavy atom. The Bertz CT molecular complexity index is 374. The highest BCUT2D eigenvalue weighted by molar-refractivity contribution is 5.79. The number of guanidine groups is 1. The molecule has 0 bridgehead atoms. The molecule has 1 fully saturated rings. The van der Waals surface area contributed by atoms with E-state index < -0.39 is 0 Å². The first-order valence-electron chi connectivity index (χ1n) is 9.54. The molecule has 1 atom stereocenters. The Morgan fingerprint density at radius 1 is 1.21 bits per heavy atom. The minimum Gasteiger partial charge on any atom is -0.469 e. The number of carbonyl (C=O) groups excluding carboxylic acids is 1. The molecule has 1 heterocycles. The summed E-state index contributed by atoms with van der Waals surface area (Å²) in [6.07, 6.45) is 7.28. The van der Waals surface area contributed by atoms with E-state index in [1.54, 1.807) is 0 Å². The maximum atomic E-state index is 11.0. The molecule has 0 amide bonds. The monoisotopic (exact) mass is 340 g/mol. The second-order valence-corrected chi connectivity index (χ2v) is 6.31. The highest BCUT2D eigenvalue weighted by Crippen LogP contribution is 2.16. The number of nitrogens with zero attached hydrogens (tertiary/aromatic N) is 2. The van der Waals surface area contributed by atoms with Crippen LogP contribution in [0.3, 0.4) is 0 Å². The Balaban J connectivity index is 2.18. The van der Waals surface area contributed by atoms with Crippen LogP contribution in [0.5, 0.6) is 0 Å². The summed E-state index contributed by atoms with van der Waals surface area (Å²) in [6.45, 7) is 9.34. The molecule has 1 aliphatic rings. The lowest BCUT2D eigenvalue weighted by atomic mass is 10.1. The summed E-state index contributed by atoms with van der Waals surface area (Å²) in [5, 5.41) is 6.74. The molecule has 140 valence electrons. The number of aliphatic imine (C=N–C) groups is 1. The van der Waals surface area contributed by atoms with Crippen LogP contribution in [0.2, 0.25) is 0 Å². The Morgan fingerprint density at radius 3 is 2.71 bits per heavy atom. The van der Waals surface area contributed by atoms with E-state index >= 15 is 0 Å². The molecule has 1 unspecified atom stereocenters. The Labute approximate surface area is 147 Å². The molecule has 0 spiro atoms. The number of likely N-dealkylation sites (tertiary alicyclic amines) is 1. The summed E-state index contributed by atoms with van der Waals surface area (Å²) in [5.74, 6) is 0.817. The van der Waals surface area contributed by atoms with Crippen molar-refractivity contribution in [3.05, 3.63) is 0 Å². The van der Waals surface area contributed by atoms with Crippen LogP contribution in [0.1, 0.15) is 58.8 Å². The summed E-state index contributed by atoms with van der Waals surface area (Å²) in [6, 6.07) is 0.601. The Kier molecular flexibility index (Phi) is 11.3. The quantitative estimate of drug-likeness (QED) is 0.261. The fourth-order valence-electron chi connectivity index (χ4n) is 3.11. The third-order valence-electron chi connectivity index (χ3n) is 4.54. The van der Waals surface area contributed by atoms with E-state index in [0.717, 1.165) is 57.8 Å². The van der Waals surface area contributed by atoms with Gasteiger partial charge in [0.2, 0.25) is 0 Å². The lowest BCUT2D eigenvalue weighted by Gasteiger charge is -2.21. The topological polar surface area (TPSA) is 66.0 Å². The molecule has 6 heteroatoms. The number of carbonyl (C=O) groups is 1. The van der Waals surface area contributed by atoms with Crippen molar-refractivity contribution in [2.24, 2.45) is 4.99 Å². The zero-order chi connectivity index (χ0) is 17.6. The standard InChI is InChI=1S/C18H36N4O2/c1-4-19-18(21-15-16-11-10-14-22(16)5-2)20-13-9-7-6-8-12-17(23)24-3/h16H,4-15H2,1-3H3,(H2,19,20,21). The van der Waals surface area contributed by atoms with Gasteiger partial charge in [-0.3, -0.25) is 14.7 Å². The second-order valence-electron chi connectivity index (χ2n) is 6.31. The van der Waals surface area contributed by atoms with Gasteiger partial charge in [0.05, 0.1) is 13.7 Å². The largest absolute Gasteiger partial charge is 0.469 e. The van der Waals surface area contributed by atoms with Crippen LogP contribution >= 0.6 is 0 Å². The van der Waals surface area contributed by atoms with Gasteiger partial charge < -0.3 is 15.4 Å². The van der Waals surface area contributed by atoms with Gasteiger partial charge in [0, 0.05) is 25.6 Å². The summed E-state index contributed by atoms with van der Waals surface area (Å²) >= 11 is 0. The minimum atomic E-state index is -0.109. The molecule has 0 radical (unpaired) electrons. The molecular weight excluding hydrogens is 304 g/mol. The highest BCUT2D eigenvalue weighted by atomic mass is 16.5. The van der Waals surface area contributed by atoms with Crippen molar-refractivity contribution in [1.29, 1.82) is 0 Å². The van der Waals surface area contributed by atoms with Crippen LogP contribution in [0.25, 0.3) is 0 Å². The van der Waals surface area contributed by atoms with Gasteiger partial charge in [-0.15, -0.1) is 0 Å². The maximum absolute atomic E-state index is 11.0. The molecule has 6 nitrogen and oxygen atoms in total. The number of likely N-dealkylation sites (N-methyl/N-ethyl adjacent to an activating group) is 1. The van der Waals surface area contributed by atoms with Gasteiger partial charge in [0.15, 0.2) is 5.96 Å². The van der Waals surface area contributed by atoms with Gasteiger partial charge >= 0.3 is 5.97 Å². The van der Waals surface area contributed by atoms with Crippen LogP contribution in [-0.4, -0.2) is 62.7 Å². The molecule has 0 aliphatic carbocycles. The second kappa shape index (κ2) is 13.0. The number of methoxy groups -OCH3 is 1. The van der Waals surface area contributed by atoms with E-state index in [1.807, 2.05) is 0 Å². The average Bonchev–Trinajstić information content (AvgIpc) is 3.05. The first kappa shape index (κ1) is 20.7. The van der Waals surface area contributed by atoms with Crippen LogP contribution < -0.4 is 10.6 Å². The molecular formula is C18H36N4O2. The Hall–Kier alpha value is -1.30. The van der Waals surface area contributed by atoms with Crippen molar-refractivity contribution < 1.29 is 9.53 Å². The van der Waals surface area contributed by atoms with Crippen LogP contribution in [0, 0.1) is 0 Å². The van der Waals surface area contributed by atoms with Crippen molar-refractivity contribution in [2.45, 2.75) is 64.8 Å². The van der Waals surface area contributed by atoms with Crippen molar-refractivity contribution in [2.75, 3.05) is 39.8 Å².